The molecule has 4 atom stereocenters. The summed E-state index contributed by atoms with van der Waals surface area (Å²) in [6.45, 7) is 5.52. The molecule has 0 aromatic carbocycles. The van der Waals surface area contributed by atoms with Crippen LogP contribution in [0.3, 0.4) is 0 Å². The van der Waals surface area contributed by atoms with Gasteiger partial charge in [0.1, 0.15) is 0 Å². The molecule has 0 spiro atoms. The Morgan fingerprint density at radius 2 is 2.12 bits per heavy atom. The van der Waals surface area contributed by atoms with Gasteiger partial charge in [-0.15, -0.1) is 0 Å². The summed E-state index contributed by atoms with van der Waals surface area (Å²) in [7, 11) is 0. The highest BCUT2D eigenvalue weighted by Crippen LogP contribution is 2.31. The number of nitrogens with one attached hydrogen (secondary N) is 1. The Balaban J connectivity index is 1.74. The van der Waals surface area contributed by atoms with E-state index in [1.807, 2.05) is 11.8 Å². The highest BCUT2D eigenvalue weighted by molar-refractivity contribution is 7.99. The van der Waals surface area contributed by atoms with Crippen molar-refractivity contribution >= 4 is 11.8 Å². The molecule has 16 heavy (non-hydrogen) atoms. The number of thioether (sulfide) groups is 1. The van der Waals surface area contributed by atoms with Gasteiger partial charge < -0.3 is 10.4 Å². The van der Waals surface area contributed by atoms with E-state index in [4.69, 9.17) is 0 Å². The molecule has 0 amide bonds. The third-order valence-corrected chi connectivity index (χ3v) is 5.63. The van der Waals surface area contributed by atoms with Crippen LogP contribution in [0, 0.1) is 11.8 Å². The summed E-state index contributed by atoms with van der Waals surface area (Å²) in [4.78, 5) is 0. The molecule has 0 bridgehead atoms. The van der Waals surface area contributed by atoms with Crippen molar-refractivity contribution in [3.8, 4) is 0 Å². The summed E-state index contributed by atoms with van der Waals surface area (Å²) < 4.78 is 0. The van der Waals surface area contributed by atoms with Gasteiger partial charge in [-0.25, -0.2) is 0 Å². The summed E-state index contributed by atoms with van der Waals surface area (Å²) in [5.74, 6) is 3.75. The fraction of sp³-hybridized carbons (Fsp3) is 1.00. The zero-order valence-electron chi connectivity index (χ0n) is 10.5. The van der Waals surface area contributed by atoms with Gasteiger partial charge in [-0.05, 0) is 43.3 Å². The van der Waals surface area contributed by atoms with Crippen LogP contribution < -0.4 is 5.32 Å². The van der Waals surface area contributed by atoms with Gasteiger partial charge >= 0.3 is 0 Å². The molecule has 1 heterocycles. The maximum absolute atomic E-state index is 10.3. The molecule has 0 unspecified atom stereocenters. The van der Waals surface area contributed by atoms with E-state index in [9.17, 15) is 5.11 Å². The smallest absolute Gasteiger partial charge is 0.0869 e. The Morgan fingerprint density at radius 3 is 2.75 bits per heavy atom. The minimum absolute atomic E-state index is 0.420. The lowest BCUT2D eigenvalue weighted by Gasteiger charge is -2.34. The summed E-state index contributed by atoms with van der Waals surface area (Å²) >= 11 is 1.88. The van der Waals surface area contributed by atoms with E-state index in [0.29, 0.717) is 6.04 Å². The molecule has 2 rings (SSSR count). The Hall–Kier alpha value is 0.270. The normalized spacial score (nSPS) is 44.8. The molecule has 1 aliphatic carbocycles. The van der Waals surface area contributed by atoms with Crippen LogP contribution in [0.4, 0.5) is 0 Å². The van der Waals surface area contributed by atoms with Crippen LogP contribution in [0.1, 0.15) is 39.5 Å². The SMILES string of the molecule is C[C@@H]1CC[C@H](NC[C@@]2(O)CCSC2)C[C@@H]1C. The first-order valence-corrected chi connectivity index (χ1v) is 7.78. The number of hydrogen-bond acceptors (Lipinski definition) is 3. The van der Waals surface area contributed by atoms with Crippen LogP contribution in [0.25, 0.3) is 0 Å². The molecule has 1 saturated carbocycles. The largest absolute Gasteiger partial charge is 0.388 e. The first-order chi connectivity index (χ1) is 7.59. The second kappa shape index (κ2) is 5.28. The second-order valence-corrected chi connectivity index (χ2v) is 6.98. The highest BCUT2D eigenvalue weighted by atomic mass is 32.2. The fourth-order valence-electron chi connectivity index (χ4n) is 2.80. The van der Waals surface area contributed by atoms with E-state index in [1.165, 1.54) is 19.3 Å². The molecule has 3 heteroatoms. The van der Waals surface area contributed by atoms with Gasteiger partial charge in [0.25, 0.3) is 0 Å². The van der Waals surface area contributed by atoms with Crippen molar-refractivity contribution < 1.29 is 5.11 Å². The van der Waals surface area contributed by atoms with Crippen LogP contribution >= 0.6 is 11.8 Å². The monoisotopic (exact) mass is 243 g/mol. The minimum atomic E-state index is -0.420. The summed E-state index contributed by atoms with van der Waals surface area (Å²) in [5.41, 5.74) is -0.420. The van der Waals surface area contributed by atoms with Crippen molar-refractivity contribution in [2.24, 2.45) is 11.8 Å². The molecule has 0 aromatic heterocycles. The van der Waals surface area contributed by atoms with Crippen molar-refractivity contribution in [3.63, 3.8) is 0 Å². The molecule has 0 radical (unpaired) electrons. The van der Waals surface area contributed by atoms with Gasteiger partial charge in [0, 0.05) is 18.3 Å². The van der Waals surface area contributed by atoms with E-state index in [1.54, 1.807) is 0 Å². The molecule has 2 aliphatic rings. The Morgan fingerprint density at radius 1 is 1.31 bits per heavy atom. The summed E-state index contributed by atoms with van der Waals surface area (Å²) in [6.07, 6.45) is 4.87. The van der Waals surface area contributed by atoms with Gasteiger partial charge in [-0.3, -0.25) is 0 Å². The molecular weight excluding hydrogens is 218 g/mol. The van der Waals surface area contributed by atoms with Crippen molar-refractivity contribution in [2.75, 3.05) is 18.1 Å². The predicted molar refractivity (Wildman–Crippen MR) is 70.9 cm³/mol. The Labute approximate surface area is 104 Å². The first-order valence-electron chi connectivity index (χ1n) is 6.62. The van der Waals surface area contributed by atoms with Crippen LogP contribution in [0.5, 0.6) is 0 Å². The third-order valence-electron chi connectivity index (χ3n) is 4.40. The van der Waals surface area contributed by atoms with Gasteiger partial charge in [-0.2, -0.15) is 11.8 Å². The standard InChI is InChI=1S/C13H25NOS/c1-10-3-4-12(7-11(10)2)14-8-13(15)5-6-16-9-13/h10-12,14-15H,3-9H2,1-2H3/t10-,11+,12+,13+/m1/s1. The molecule has 1 saturated heterocycles. The van der Waals surface area contributed by atoms with Crippen molar-refractivity contribution in [1.29, 1.82) is 0 Å². The quantitative estimate of drug-likeness (QED) is 0.797. The fourth-order valence-corrected chi connectivity index (χ4v) is 4.10. The molecule has 1 aliphatic heterocycles. The molecule has 2 nitrogen and oxygen atoms in total. The van der Waals surface area contributed by atoms with Gasteiger partial charge in [-0.1, -0.05) is 13.8 Å². The van der Waals surface area contributed by atoms with Crippen LogP contribution in [-0.2, 0) is 0 Å². The van der Waals surface area contributed by atoms with E-state index >= 15 is 0 Å². The summed E-state index contributed by atoms with van der Waals surface area (Å²) in [5, 5.41) is 13.8. The molecule has 0 aromatic rings. The van der Waals surface area contributed by atoms with E-state index in [2.05, 4.69) is 19.2 Å². The number of hydrogen-bond donors (Lipinski definition) is 2. The highest BCUT2D eigenvalue weighted by Gasteiger charge is 2.33. The predicted octanol–water partition coefficient (Wildman–Crippen LogP) is 2.27. The lowest BCUT2D eigenvalue weighted by molar-refractivity contribution is 0.0603. The maximum atomic E-state index is 10.3. The van der Waals surface area contributed by atoms with E-state index in [0.717, 1.165) is 36.3 Å². The van der Waals surface area contributed by atoms with Gasteiger partial charge in [0.05, 0.1) is 5.60 Å². The maximum Gasteiger partial charge on any atom is 0.0869 e. The summed E-state index contributed by atoms with van der Waals surface area (Å²) in [6, 6.07) is 0.640. The van der Waals surface area contributed by atoms with E-state index < -0.39 is 5.60 Å². The zero-order chi connectivity index (χ0) is 11.6. The molecule has 2 N–H and O–H groups in total. The van der Waals surface area contributed by atoms with Gasteiger partial charge in [0.15, 0.2) is 0 Å². The van der Waals surface area contributed by atoms with Crippen molar-refractivity contribution in [1.82, 2.24) is 5.32 Å². The minimum Gasteiger partial charge on any atom is -0.388 e. The number of rotatable bonds is 3. The average molecular weight is 243 g/mol. The van der Waals surface area contributed by atoms with Crippen molar-refractivity contribution in [2.45, 2.75) is 51.2 Å². The first kappa shape index (κ1) is 12.7. The number of aliphatic hydroxyl groups is 1. The van der Waals surface area contributed by atoms with Crippen LogP contribution in [-0.4, -0.2) is 34.8 Å². The lowest BCUT2D eigenvalue weighted by atomic mass is 9.79. The molecule has 94 valence electrons. The van der Waals surface area contributed by atoms with Crippen LogP contribution in [0.15, 0.2) is 0 Å². The average Bonchev–Trinajstić information content (AvgIpc) is 2.68. The topological polar surface area (TPSA) is 32.3 Å². The Kier molecular flexibility index (Phi) is 4.20. The molecular formula is C13H25NOS. The Bertz CT molecular complexity index is 228. The van der Waals surface area contributed by atoms with E-state index in [-0.39, 0.29) is 0 Å². The van der Waals surface area contributed by atoms with Crippen molar-refractivity contribution in [3.05, 3.63) is 0 Å². The second-order valence-electron chi connectivity index (χ2n) is 5.87. The van der Waals surface area contributed by atoms with Gasteiger partial charge in [0.2, 0.25) is 0 Å². The lowest BCUT2D eigenvalue weighted by Crippen LogP contribution is -2.46. The zero-order valence-corrected chi connectivity index (χ0v) is 11.4. The molecule has 2 fully saturated rings. The third kappa shape index (κ3) is 3.14. The van der Waals surface area contributed by atoms with Crippen LogP contribution in [0.2, 0.25) is 0 Å².